The van der Waals surface area contributed by atoms with Crippen molar-refractivity contribution >= 4 is 5.78 Å². The van der Waals surface area contributed by atoms with Gasteiger partial charge in [-0.1, -0.05) is 6.42 Å². The number of nitrogens with zero attached hydrogens (tertiary/aromatic N) is 2. The maximum absolute atomic E-state index is 12.6. The Morgan fingerprint density at radius 1 is 1.33 bits per heavy atom. The van der Waals surface area contributed by atoms with E-state index in [4.69, 9.17) is 0 Å². The second kappa shape index (κ2) is 5.93. The summed E-state index contributed by atoms with van der Waals surface area (Å²) >= 11 is 0. The van der Waals surface area contributed by atoms with E-state index in [0.717, 1.165) is 30.0 Å². The topological polar surface area (TPSA) is 39.3 Å². The van der Waals surface area contributed by atoms with Gasteiger partial charge in [0.25, 0.3) is 0 Å². The van der Waals surface area contributed by atoms with Crippen LogP contribution in [0, 0.1) is 13.8 Å². The van der Waals surface area contributed by atoms with Gasteiger partial charge in [-0.05, 0) is 46.2 Å². The van der Waals surface area contributed by atoms with Crippen molar-refractivity contribution in [2.75, 3.05) is 26.2 Å². The molecule has 3 heterocycles. The Bertz CT molecular complexity index is 522. The van der Waals surface area contributed by atoms with Crippen LogP contribution in [0.25, 0.3) is 0 Å². The summed E-state index contributed by atoms with van der Waals surface area (Å²) in [5, 5.41) is 0. The van der Waals surface area contributed by atoms with E-state index in [9.17, 15) is 4.79 Å². The minimum Gasteiger partial charge on any atom is -0.362 e. The Morgan fingerprint density at radius 2 is 2.14 bits per heavy atom. The summed E-state index contributed by atoms with van der Waals surface area (Å²) in [7, 11) is 0. The number of ketones is 1. The molecule has 0 spiro atoms. The van der Waals surface area contributed by atoms with Crippen molar-refractivity contribution in [2.45, 2.75) is 52.1 Å². The van der Waals surface area contributed by atoms with E-state index in [2.05, 4.69) is 21.7 Å². The molecule has 1 aromatic heterocycles. The van der Waals surface area contributed by atoms with Crippen LogP contribution in [0.4, 0.5) is 0 Å². The van der Waals surface area contributed by atoms with Crippen molar-refractivity contribution in [3.63, 3.8) is 0 Å². The molecule has 2 unspecified atom stereocenters. The van der Waals surface area contributed by atoms with E-state index in [1.165, 1.54) is 25.8 Å². The number of piperidine rings is 1. The lowest BCUT2D eigenvalue weighted by Gasteiger charge is -2.47. The highest BCUT2D eigenvalue weighted by atomic mass is 16.1. The monoisotopic (exact) mass is 289 g/mol. The summed E-state index contributed by atoms with van der Waals surface area (Å²) in [5.41, 5.74) is 2.94. The number of H-pyrrole nitrogens is 1. The first-order valence-electron chi connectivity index (χ1n) is 8.22. The molecule has 2 saturated heterocycles. The van der Waals surface area contributed by atoms with Gasteiger partial charge in [-0.25, -0.2) is 0 Å². The number of nitrogens with one attached hydrogen (secondary N) is 1. The van der Waals surface area contributed by atoms with Gasteiger partial charge in [0.1, 0.15) is 0 Å². The van der Waals surface area contributed by atoms with Gasteiger partial charge in [0.05, 0.1) is 6.54 Å². The highest BCUT2D eigenvalue weighted by Gasteiger charge is 2.33. The highest BCUT2D eigenvalue weighted by molar-refractivity contribution is 5.98. The Kier molecular flexibility index (Phi) is 4.18. The van der Waals surface area contributed by atoms with Crippen LogP contribution in [-0.4, -0.2) is 58.8 Å². The number of Topliss-reactive ketones (excluding diaryl/α,β-unsaturated/α-hetero) is 1. The van der Waals surface area contributed by atoms with Gasteiger partial charge in [-0.15, -0.1) is 0 Å². The van der Waals surface area contributed by atoms with Gasteiger partial charge < -0.3 is 4.98 Å². The fourth-order valence-corrected chi connectivity index (χ4v) is 3.92. The molecule has 4 nitrogen and oxygen atoms in total. The van der Waals surface area contributed by atoms with Crippen LogP contribution >= 0.6 is 0 Å². The molecular weight excluding hydrogens is 262 g/mol. The van der Waals surface area contributed by atoms with Crippen LogP contribution < -0.4 is 0 Å². The van der Waals surface area contributed by atoms with Crippen molar-refractivity contribution in [3.05, 3.63) is 23.0 Å². The molecule has 0 saturated carbocycles. The predicted octanol–water partition coefficient (Wildman–Crippen LogP) is 2.37. The SMILES string of the molecule is Cc1cc(C(=O)CN2CC3CCCCN3CC2C)c(C)[nH]1. The number of aromatic nitrogens is 1. The highest BCUT2D eigenvalue weighted by Crippen LogP contribution is 2.24. The molecule has 0 aromatic carbocycles. The molecule has 1 N–H and O–H groups in total. The smallest absolute Gasteiger partial charge is 0.178 e. The Balaban J connectivity index is 1.66. The van der Waals surface area contributed by atoms with Crippen LogP contribution in [-0.2, 0) is 0 Å². The first kappa shape index (κ1) is 14.8. The zero-order valence-electron chi connectivity index (χ0n) is 13.5. The average Bonchev–Trinajstić information content (AvgIpc) is 2.78. The van der Waals surface area contributed by atoms with Gasteiger partial charge in [-0.3, -0.25) is 14.6 Å². The van der Waals surface area contributed by atoms with Gasteiger partial charge in [-0.2, -0.15) is 0 Å². The molecule has 2 aliphatic heterocycles. The molecular formula is C17H27N3O. The molecule has 1 aromatic rings. The van der Waals surface area contributed by atoms with Crippen molar-refractivity contribution in [1.82, 2.24) is 14.8 Å². The Morgan fingerprint density at radius 3 is 2.86 bits per heavy atom. The summed E-state index contributed by atoms with van der Waals surface area (Å²) in [6, 6.07) is 3.12. The number of rotatable bonds is 3. The fourth-order valence-electron chi connectivity index (χ4n) is 3.92. The predicted molar refractivity (Wildman–Crippen MR) is 84.8 cm³/mol. The van der Waals surface area contributed by atoms with E-state index in [1.54, 1.807) is 0 Å². The number of hydrogen-bond acceptors (Lipinski definition) is 3. The zero-order valence-corrected chi connectivity index (χ0v) is 13.5. The zero-order chi connectivity index (χ0) is 15.0. The van der Waals surface area contributed by atoms with E-state index < -0.39 is 0 Å². The summed E-state index contributed by atoms with van der Waals surface area (Å²) in [5.74, 6) is 0.257. The molecule has 4 heteroatoms. The van der Waals surface area contributed by atoms with Gasteiger partial charge in [0.2, 0.25) is 0 Å². The summed E-state index contributed by atoms with van der Waals surface area (Å²) in [4.78, 5) is 20.8. The molecule has 116 valence electrons. The summed E-state index contributed by atoms with van der Waals surface area (Å²) < 4.78 is 0. The molecule has 0 amide bonds. The molecule has 0 bridgehead atoms. The number of carbonyl (C=O) groups excluding carboxylic acids is 1. The third kappa shape index (κ3) is 3.06. The number of aromatic amines is 1. The number of piperazine rings is 1. The van der Waals surface area contributed by atoms with Crippen molar-refractivity contribution in [1.29, 1.82) is 0 Å². The van der Waals surface area contributed by atoms with Crippen molar-refractivity contribution in [3.8, 4) is 0 Å². The summed E-state index contributed by atoms with van der Waals surface area (Å²) in [6.45, 7) is 10.2. The van der Waals surface area contributed by atoms with Gasteiger partial charge >= 0.3 is 0 Å². The number of fused-ring (bicyclic) bond motifs is 1. The Hall–Kier alpha value is -1.13. The quantitative estimate of drug-likeness (QED) is 0.868. The first-order valence-corrected chi connectivity index (χ1v) is 8.22. The largest absolute Gasteiger partial charge is 0.362 e. The lowest BCUT2D eigenvalue weighted by atomic mass is 9.96. The van der Waals surface area contributed by atoms with E-state index in [1.807, 2.05) is 19.9 Å². The number of hydrogen-bond donors (Lipinski definition) is 1. The van der Waals surface area contributed by atoms with Crippen LogP contribution in [0.3, 0.4) is 0 Å². The summed E-state index contributed by atoms with van der Waals surface area (Å²) in [6.07, 6.45) is 3.97. The van der Waals surface area contributed by atoms with Crippen LogP contribution in [0.1, 0.15) is 47.9 Å². The van der Waals surface area contributed by atoms with Gasteiger partial charge in [0, 0.05) is 42.1 Å². The lowest BCUT2D eigenvalue weighted by Crippen LogP contribution is -2.59. The van der Waals surface area contributed by atoms with Crippen LogP contribution in [0.5, 0.6) is 0 Å². The minimum atomic E-state index is 0.257. The van der Waals surface area contributed by atoms with Gasteiger partial charge in [0.15, 0.2) is 5.78 Å². The average molecular weight is 289 g/mol. The number of aryl methyl sites for hydroxylation is 2. The molecule has 0 aliphatic carbocycles. The van der Waals surface area contributed by atoms with Crippen molar-refractivity contribution in [2.24, 2.45) is 0 Å². The fraction of sp³-hybridized carbons (Fsp3) is 0.706. The normalized spacial score (nSPS) is 27.6. The second-order valence-corrected chi connectivity index (χ2v) is 6.84. The molecule has 0 radical (unpaired) electrons. The maximum atomic E-state index is 12.6. The third-order valence-electron chi connectivity index (χ3n) is 5.11. The third-order valence-corrected chi connectivity index (χ3v) is 5.11. The Labute approximate surface area is 127 Å². The van der Waals surface area contributed by atoms with Crippen molar-refractivity contribution < 1.29 is 4.79 Å². The van der Waals surface area contributed by atoms with E-state index in [-0.39, 0.29) is 5.78 Å². The second-order valence-electron chi connectivity index (χ2n) is 6.84. The molecule has 21 heavy (non-hydrogen) atoms. The number of carbonyl (C=O) groups is 1. The van der Waals surface area contributed by atoms with E-state index >= 15 is 0 Å². The molecule has 2 fully saturated rings. The molecule has 2 aliphatic rings. The van der Waals surface area contributed by atoms with Crippen LogP contribution in [0.15, 0.2) is 6.07 Å². The lowest BCUT2D eigenvalue weighted by molar-refractivity contribution is 0.0166. The molecule has 3 rings (SSSR count). The maximum Gasteiger partial charge on any atom is 0.178 e. The van der Waals surface area contributed by atoms with E-state index in [0.29, 0.717) is 18.6 Å². The van der Waals surface area contributed by atoms with Crippen LogP contribution in [0.2, 0.25) is 0 Å². The first-order chi connectivity index (χ1) is 10.0. The molecule has 2 atom stereocenters. The standard InChI is InChI=1S/C17H27N3O/c1-12-8-16(14(3)18-12)17(21)11-20-10-15-6-4-5-7-19(15)9-13(20)2/h8,13,15,18H,4-7,9-11H2,1-3H3. The minimum absolute atomic E-state index is 0.257.